The highest BCUT2D eigenvalue weighted by Gasteiger charge is 2.21. The fourth-order valence-electron chi connectivity index (χ4n) is 1.48. The first-order valence-corrected chi connectivity index (χ1v) is 8.98. The highest BCUT2D eigenvalue weighted by molar-refractivity contribution is 7.98. The van der Waals surface area contributed by atoms with Gasteiger partial charge in [-0.05, 0) is 31.2 Å². The van der Waals surface area contributed by atoms with E-state index in [4.69, 9.17) is 0 Å². The van der Waals surface area contributed by atoms with E-state index in [0.717, 1.165) is 16.2 Å². The van der Waals surface area contributed by atoms with Gasteiger partial charge in [-0.15, -0.1) is 11.3 Å². The van der Waals surface area contributed by atoms with Gasteiger partial charge in [-0.1, -0.05) is 0 Å². The molecule has 1 aromatic rings. The average Bonchev–Trinajstić information content (AvgIpc) is 2.61. The van der Waals surface area contributed by atoms with E-state index in [2.05, 4.69) is 10.0 Å². The summed E-state index contributed by atoms with van der Waals surface area (Å²) in [4.78, 5) is 1.31. The molecule has 0 radical (unpaired) electrons. The third-order valence-electron chi connectivity index (χ3n) is 2.19. The van der Waals surface area contributed by atoms with Crippen molar-refractivity contribution in [2.45, 2.75) is 18.4 Å². The minimum atomic E-state index is -3.37. The Labute approximate surface area is 111 Å². The van der Waals surface area contributed by atoms with Gasteiger partial charge in [0.05, 0.1) is 0 Å². The number of rotatable bonds is 7. The van der Waals surface area contributed by atoms with Crippen molar-refractivity contribution in [3.63, 3.8) is 0 Å². The fourth-order valence-corrected chi connectivity index (χ4v) is 4.77. The number of thiophene rings is 1. The molecule has 1 heterocycles. The van der Waals surface area contributed by atoms with Gasteiger partial charge in [0.25, 0.3) is 0 Å². The van der Waals surface area contributed by atoms with Gasteiger partial charge in [-0.2, -0.15) is 11.8 Å². The van der Waals surface area contributed by atoms with Crippen molar-refractivity contribution in [1.29, 1.82) is 0 Å². The van der Waals surface area contributed by atoms with Gasteiger partial charge in [-0.25, -0.2) is 13.1 Å². The molecule has 4 nitrogen and oxygen atoms in total. The van der Waals surface area contributed by atoms with Crippen LogP contribution in [0.25, 0.3) is 0 Å². The van der Waals surface area contributed by atoms with Crippen LogP contribution in [0.3, 0.4) is 0 Å². The molecule has 7 heteroatoms. The molecule has 2 N–H and O–H groups in total. The lowest BCUT2D eigenvalue weighted by atomic mass is 10.3. The van der Waals surface area contributed by atoms with Crippen LogP contribution in [0.5, 0.6) is 0 Å². The van der Waals surface area contributed by atoms with E-state index < -0.39 is 10.0 Å². The first-order valence-electron chi connectivity index (χ1n) is 5.23. The molecule has 0 aliphatic carbocycles. The van der Waals surface area contributed by atoms with E-state index >= 15 is 0 Å². The van der Waals surface area contributed by atoms with Crippen molar-refractivity contribution in [2.75, 3.05) is 25.6 Å². The quantitative estimate of drug-likeness (QED) is 0.747. The third kappa shape index (κ3) is 3.96. The minimum absolute atomic E-state index is 0.443. The summed E-state index contributed by atoms with van der Waals surface area (Å²) in [5.41, 5.74) is 0.817. The normalized spacial score (nSPS) is 11.9. The molecule has 0 aromatic carbocycles. The first kappa shape index (κ1) is 15.0. The van der Waals surface area contributed by atoms with Crippen LogP contribution in [0.1, 0.15) is 10.4 Å². The number of sulfonamides is 1. The second-order valence-corrected chi connectivity index (χ2v) is 7.25. The van der Waals surface area contributed by atoms with E-state index in [1.54, 1.807) is 11.8 Å². The maximum atomic E-state index is 12.1. The fraction of sp³-hybridized carbons (Fsp3) is 0.600. The zero-order valence-corrected chi connectivity index (χ0v) is 12.7. The minimum Gasteiger partial charge on any atom is -0.315 e. The molecule has 0 saturated carbocycles. The van der Waals surface area contributed by atoms with Crippen LogP contribution < -0.4 is 10.0 Å². The zero-order chi connectivity index (χ0) is 12.9. The molecule has 98 valence electrons. The van der Waals surface area contributed by atoms with Gasteiger partial charge in [0.15, 0.2) is 0 Å². The summed E-state index contributed by atoms with van der Waals surface area (Å²) in [6, 6.07) is 0. The Morgan fingerprint density at radius 3 is 2.76 bits per heavy atom. The standard InChI is InChI=1S/C10H18N2O2S3/c1-8-7-16-9(6-11-2)10(8)17(13,14)12-4-5-15-3/h7,11-12H,4-6H2,1-3H3. The molecular formula is C10H18N2O2S3. The highest BCUT2D eigenvalue weighted by atomic mass is 32.2. The third-order valence-corrected chi connectivity index (χ3v) is 5.73. The van der Waals surface area contributed by atoms with Crippen molar-refractivity contribution < 1.29 is 8.42 Å². The summed E-state index contributed by atoms with van der Waals surface area (Å²) in [7, 11) is -1.55. The van der Waals surface area contributed by atoms with Gasteiger partial charge in [0.1, 0.15) is 4.90 Å². The van der Waals surface area contributed by atoms with Gasteiger partial charge < -0.3 is 5.32 Å². The Morgan fingerprint density at radius 1 is 1.47 bits per heavy atom. The predicted octanol–water partition coefficient (Wildman–Crippen LogP) is 1.42. The molecule has 0 fully saturated rings. The van der Waals surface area contributed by atoms with E-state index in [1.807, 2.05) is 25.6 Å². The lowest BCUT2D eigenvalue weighted by molar-refractivity contribution is 0.582. The molecule has 1 rings (SSSR count). The lowest BCUT2D eigenvalue weighted by Gasteiger charge is -2.08. The van der Waals surface area contributed by atoms with Gasteiger partial charge in [0, 0.05) is 23.7 Å². The summed E-state index contributed by atoms with van der Waals surface area (Å²) in [5.74, 6) is 0.782. The molecule has 1 aromatic heterocycles. The second kappa shape index (κ2) is 6.75. The van der Waals surface area contributed by atoms with Crippen molar-refractivity contribution in [3.8, 4) is 0 Å². The Morgan fingerprint density at radius 2 is 2.18 bits per heavy atom. The Hall–Kier alpha value is -0.0800. The summed E-state index contributed by atoms with van der Waals surface area (Å²) in [6.45, 7) is 2.88. The largest absolute Gasteiger partial charge is 0.315 e. The molecule has 0 unspecified atom stereocenters. The van der Waals surface area contributed by atoms with Gasteiger partial charge in [-0.3, -0.25) is 0 Å². The molecule has 0 bridgehead atoms. The molecule has 0 aliphatic heterocycles. The second-order valence-electron chi connectivity index (χ2n) is 3.59. The predicted molar refractivity (Wildman–Crippen MR) is 75.4 cm³/mol. The first-order chi connectivity index (χ1) is 8.03. The number of nitrogens with one attached hydrogen (secondary N) is 2. The number of hydrogen-bond donors (Lipinski definition) is 2. The number of thioether (sulfide) groups is 1. The average molecular weight is 294 g/mol. The van der Waals surface area contributed by atoms with Crippen molar-refractivity contribution in [3.05, 3.63) is 15.8 Å². The van der Waals surface area contributed by atoms with Crippen molar-refractivity contribution in [1.82, 2.24) is 10.0 Å². The monoisotopic (exact) mass is 294 g/mol. The molecule has 0 atom stereocenters. The maximum Gasteiger partial charge on any atom is 0.242 e. The smallest absolute Gasteiger partial charge is 0.242 e. The summed E-state index contributed by atoms with van der Waals surface area (Å²) in [5, 5.41) is 4.88. The highest BCUT2D eigenvalue weighted by Crippen LogP contribution is 2.26. The molecule has 0 amide bonds. The SMILES string of the molecule is CNCc1scc(C)c1S(=O)(=O)NCCSC. The summed E-state index contributed by atoms with van der Waals surface area (Å²) >= 11 is 3.10. The molecule has 0 aliphatic rings. The van der Waals surface area contributed by atoms with Gasteiger partial charge in [0.2, 0.25) is 10.0 Å². The Kier molecular flexibility index (Phi) is 5.94. The van der Waals surface area contributed by atoms with E-state index in [9.17, 15) is 8.42 Å². The van der Waals surface area contributed by atoms with E-state index in [1.165, 1.54) is 11.3 Å². The molecule has 0 spiro atoms. The van der Waals surface area contributed by atoms with Gasteiger partial charge >= 0.3 is 0 Å². The van der Waals surface area contributed by atoms with Crippen molar-refractivity contribution >= 4 is 33.1 Å². The maximum absolute atomic E-state index is 12.1. The molecule has 17 heavy (non-hydrogen) atoms. The van der Waals surface area contributed by atoms with Crippen molar-refractivity contribution in [2.24, 2.45) is 0 Å². The van der Waals surface area contributed by atoms with E-state index in [0.29, 0.717) is 18.0 Å². The Balaban J connectivity index is 2.93. The molecular weight excluding hydrogens is 276 g/mol. The van der Waals surface area contributed by atoms with Crippen LogP contribution in [0.4, 0.5) is 0 Å². The van der Waals surface area contributed by atoms with Crippen LogP contribution in [-0.4, -0.2) is 34.0 Å². The zero-order valence-electron chi connectivity index (χ0n) is 10.2. The van der Waals surface area contributed by atoms with Crippen LogP contribution in [0, 0.1) is 6.92 Å². The number of aryl methyl sites for hydroxylation is 1. The summed E-state index contributed by atoms with van der Waals surface area (Å²) < 4.78 is 26.9. The van der Waals surface area contributed by atoms with E-state index in [-0.39, 0.29) is 0 Å². The van der Waals surface area contributed by atoms with Crippen LogP contribution >= 0.6 is 23.1 Å². The van der Waals surface area contributed by atoms with Crippen LogP contribution in [0.2, 0.25) is 0 Å². The molecule has 0 saturated heterocycles. The topological polar surface area (TPSA) is 58.2 Å². The van der Waals surface area contributed by atoms with Crippen LogP contribution in [0.15, 0.2) is 10.3 Å². The lowest BCUT2D eigenvalue weighted by Crippen LogP contribution is -2.27. The number of hydrogen-bond acceptors (Lipinski definition) is 5. The van der Waals surface area contributed by atoms with Crippen LogP contribution in [-0.2, 0) is 16.6 Å². The summed E-state index contributed by atoms with van der Waals surface area (Å²) in [6.07, 6.45) is 1.95. The Bertz CT molecular complexity index is 454.